The SMILES string of the molecule is Cn1ccnc1C1CNCCN1C(=O)Cn1c(=O)n(C)c2ccccc21. The van der Waals surface area contributed by atoms with Crippen molar-refractivity contribution >= 4 is 16.9 Å². The Hall–Kier alpha value is -2.87. The van der Waals surface area contributed by atoms with Gasteiger partial charge in [-0.05, 0) is 12.1 Å². The fourth-order valence-corrected chi connectivity index (χ4v) is 3.67. The van der Waals surface area contributed by atoms with E-state index in [1.807, 2.05) is 47.0 Å². The molecular formula is C18H22N6O2. The van der Waals surface area contributed by atoms with Crippen LogP contribution in [0.1, 0.15) is 11.9 Å². The second-order valence-corrected chi connectivity index (χ2v) is 6.62. The maximum absolute atomic E-state index is 13.1. The monoisotopic (exact) mass is 354 g/mol. The van der Waals surface area contributed by atoms with E-state index in [1.165, 1.54) is 0 Å². The number of rotatable bonds is 3. The number of carbonyl (C=O) groups excluding carboxylic acids is 1. The molecule has 1 saturated heterocycles. The van der Waals surface area contributed by atoms with Gasteiger partial charge in [0.05, 0.1) is 11.0 Å². The summed E-state index contributed by atoms with van der Waals surface area (Å²) in [4.78, 5) is 31.9. The number of nitrogens with zero attached hydrogens (tertiary/aromatic N) is 5. The molecule has 26 heavy (non-hydrogen) atoms. The molecule has 0 aliphatic carbocycles. The normalized spacial score (nSPS) is 17.8. The van der Waals surface area contributed by atoms with E-state index in [0.29, 0.717) is 13.1 Å². The molecule has 0 saturated carbocycles. The van der Waals surface area contributed by atoms with Crippen molar-refractivity contribution in [3.05, 3.63) is 53.0 Å². The molecule has 1 aromatic carbocycles. The molecule has 0 radical (unpaired) electrons. The van der Waals surface area contributed by atoms with E-state index in [1.54, 1.807) is 22.4 Å². The van der Waals surface area contributed by atoms with Gasteiger partial charge in [-0.3, -0.25) is 13.9 Å². The number of piperazine rings is 1. The lowest BCUT2D eigenvalue weighted by Crippen LogP contribution is -2.50. The second-order valence-electron chi connectivity index (χ2n) is 6.62. The Labute approximate surface area is 150 Å². The van der Waals surface area contributed by atoms with Gasteiger partial charge in [0.1, 0.15) is 18.4 Å². The van der Waals surface area contributed by atoms with Crippen molar-refractivity contribution < 1.29 is 4.79 Å². The summed E-state index contributed by atoms with van der Waals surface area (Å²) in [6, 6.07) is 7.39. The van der Waals surface area contributed by atoms with Gasteiger partial charge in [-0.25, -0.2) is 9.78 Å². The van der Waals surface area contributed by atoms with Crippen LogP contribution >= 0.6 is 0 Å². The molecule has 1 amide bonds. The van der Waals surface area contributed by atoms with E-state index in [2.05, 4.69) is 10.3 Å². The summed E-state index contributed by atoms with van der Waals surface area (Å²) >= 11 is 0. The summed E-state index contributed by atoms with van der Waals surface area (Å²) in [5.74, 6) is 0.772. The molecule has 0 bridgehead atoms. The van der Waals surface area contributed by atoms with Crippen LogP contribution < -0.4 is 11.0 Å². The van der Waals surface area contributed by atoms with E-state index >= 15 is 0 Å². The van der Waals surface area contributed by atoms with Crippen LogP contribution in [0, 0.1) is 0 Å². The van der Waals surface area contributed by atoms with Crippen LogP contribution in [0.2, 0.25) is 0 Å². The fraction of sp³-hybridized carbons (Fsp3) is 0.389. The third-order valence-electron chi connectivity index (χ3n) is 5.07. The van der Waals surface area contributed by atoms with E-state index < -0.39 is 0 Å². The van der Waals surface area contributed by atoms with E-state index in [-0.39, 0.29) is 24.2 Å². The largest absolute Gasteiger partial charge is 0.336 e. The van der Waals surface area contributed by atoms with Crippen molar-refractivity contribution in [3.63, 3.8) is 0 Å². The zero-order valence-corrected chi connectivity index (χ0v) is 14.9. The third kappa shape index (κ3) is 2.62. The number of hydrogen-bond donors (Lipinski definition) is 1. The van der Waals surface area contributed by atoms with E-state index in [0.717, 1.165) is 23.4 Å². The van der Waals surface area contributed by atoms with Crippen LogP contribution in [0.4, 0.5) is 0 Å². The summed E-state index contributed by atoms with van der Waals surface area (Å²) in [6.07, 6.45) is 3.61. The highest BCUT2D eigenvalue weighted by Gasteiger charge is 2.31. The number of nitrogens with one attached hydrogen (secondary N) is 1. The first-order valence-corrected chi connectivity index (χ1v) is 8.69. The molecule has 2 aromatic heterocycles. The molecule has 1 aliphatic rings. The second kappa shape index (κ2) is 6.45. The minimum Gasteiger partial charge on any atom is -0.336 e. The van der Waals surface area contributed by atoms with Gasteiger partial charge in [-0.2, -0.15) is 0 Å². The van der Waals surface area contributed by atoms with Crippen molar-refractivity contribution in [2.24, 2.45) is 14.1 Å². The van der Waals surface area contributed by atoms with Gasteiger partial charge in [0.15, 0.2) is 0 Å². The number of fused-ring (bicyclic) bond motifs is 1. The summed E-state index contributed by atoms with van der Waals surface area (Å²) in [7, 11) is 3.65. The zero-order chi connectivity index (χ0) is 18.3. The lowest BCUT2D eigenvalue weighted by Gasteiger charge is -2.35. The van der Waals surface area contributed by atoms with Crippen LogP contribution in [0.15, 0.2) is 41.5 Å². The standard InChI is InChI=1S/C18H22N6O2/c1-21-9-8-20-17(21)15-11-19-7-10-23(15)16(25)12-24-14-6-4-3-5-13(14)22(2)18(24)26/h3-6,8-9,15,19H,7,10-12H2,1-2H3. The first kappa shape index (κ1) is 16.6. The van der Waals surface area contributed by atoms with Crippen molar-refractivity contribution in [2.75, 3.05) is 19.6 Å². The molecule has 1 N–H and O–H groups in total. The predicted octanol–water partition coefficient (Wildman–Crippen LogP) is 0.247. The van der Waals surface area contributed by atoms with Gasteiger partial charge in [0, 0.05) is 46.1 Å². The Kier molecular flexibility index (Phi) is 4.12. The molecule has 4 rings (SSSR count). The van der Waals surface area contributed by atoms with Crippen LogP contribution in [0.3, 0.4) is 0 Å². The molecule has 3 heterocycles. The number of aryl methyl sites for hydroxylation is 2. The van der Waals surface area contributed by atoms with Gasteiger partial charge in [-0.1, -0.05) is 12.1 Å². The lowest BCUT2D eigenvalue weighted by atomic mass is 10.1. The minimum absolute atomic E-state index is 0.0289. The quantitative estimate of drug-likeness (QED) is 0.731. The Bertz CT molecular complexity index is 1010. The van der Waals surface area contributed by atoms with Crippen LogP contribution in [0.5, 0.6) is 0 Å². The van der Waals surface area contributed by atoms with Crippen LogP contribution in [-0.4, -0.2) is 49.1 Å². The van der Waals surface area contributed by atoms with Crippen molar-refractivity contribution in [3.8, 4) is 0 Å². The topological polar surface area (TPSA) is 77.1 Å². The highest BCUT2D eigenvalue weighted by molar-refractivity contribution is 5.81. The predicted molar refractivity (Wildman–Crippen MR) is 97.7 cm³/mol. The number of benzene rings is 1. The summed E-state index contributed by atoms with van der Waals surface area (Å²) in [5, 5.41) is 3.32. The molecule has 1 unspecified atom stereocenters. The number of aromatic nitrogens is 4. The maximum Gasteiger partial charge on any atom is 0.329 e. The van der Waals surface area contributed by atoms with Crippen molar-refractivity contribution in [1.82, 2.24) is 28.9 Å². The first-order valence-electron chi connectivity index (χ1n) is 8.69. The highest BCUT2D eigenvalue weighted by atomic mass is 16.2. The molecule has 8 nitrogen and oxygen atoms in total. The van der Waals surface area contributed by atoms with Crippen LogP contribution in [0.25, 0.3) is 11.0 Å². The third-order valence-corrected chi connectivity index (χ3v) is 5.07. The van der Waals surface area contributed by atoms with Gasteiger partial charge < -0.3 is 14.8 Å². The Morgan fingerprint density at radius 1 is 1.27 bits per heavy atom. The molecule has 136 valence electrons. The average molecular weight is 354 g/mol. The summed E-state index contributed by atoms with van der Waals surface area (Å²) in [5.41, 5.74) is 1.42. The average Bonchev–Trinajstić information content (AvgIpc) is 3.19. The number of imidazole rings is 2. The van der Waals surface area contributed by atoms with E-state index in [4.69, 9.17) is 0 Å². The molecule has 1 atom stereocenters. The summed E-state index contributed by atoms with van der Waals surface area (Å²) < 4.78 is 5.06. The fourth-order valence-electron chi connectivity index (χ4n) is 3.67. The van der Waals surface area contributed by atoms with Gasteiger partial charge in [-0.15, -0.1) is 0 Å². The van der Waals surface area contributed by atoms with Crippen LogP contribution in [-0.2, 0) is 25.4 Å². The molecular weight excluding hydrogens is 332 g/mol. The smallest absolute Gasteiger partial charge is 0.329 e. The Morgan fingerprint density at radius 2 is 2.04 bits per heavy atom. The number of hydrogen-bond acceptors (Lipinski definition) is 4. The minimum atomic E-state index is -0.178. The van der Waals surface area contributed by atoms with Crippen molar-refractivity contribution in [1.29, 1.82) is 0 Å². The first-order chi connectivity index (χ1) is 12.6. The molecule has 1 fully saturated rings. The Morgan fingerprint density at radius 3 is 2.77 bits per heavy atom. The molecule has 0 spiro atoms. The maximum atomic E-state index is 13.1. The van der Waals surface area contributed by atoms with E-state index in [9.17, 15) is 9.59 Å². The molecule has 3 aromatic rings. The summed E-state index contributed by atoms with van der Waals surface area (Å²) in [6.45, 7) is 2.01. The molecule has 1 aliphatic heterocycles. The highest BCUT2D eigenvalue weighted by Crippen LogP contribution is 2.21. The number of carbonyl (C=O) groups is 1. The van der Waals surface area contributed by atoms with Crippen molar-refractivity contribution in [2.45, 2.75) is 12.6 Å². The van der Waals surface area contributed by atoms with Gasteiger partial charge >= 0.3 is 5.69 Å². The molecule has 8 heteroatoms. The van der Waals surface area contributed by atoms with Gasteiger partial charge in [0.25, 0.3) is 0 Å². The number of amides is 1. The lowest BCUT2D eigenvalue weighted by molar-refractivity contribution is -0.135. The zero-order valence-electron chi connectivity index (χ0n) is 14.9. The van der Waals surface area contributed by atoms with Gasteiger partial charge in [0.2, 0.25) is 5.91 Å². The Balaban J connectivity index is 1.66. The number of para-hydroxylation sites is 2.